The molecule has 31 heavy (non-hydrogen) atoms. The van der Waals surface area contributed by atoms with Gasteiger partial charge in [-0.3, -0.25) is 9.78 Å². The fraction of sp³-hybridized carbons (Fsp3) is 0.320. The molecular formula is C25H28N4O2. The molecule has 1 aliphatic heterocycles. The Balaban J connectivity index is 1.51. The highest BCUT2D eigenvalue weighted by molar-refractivity contribution is 5.96. The highest BCUT2D eigenvalue weighted by Crippen LogP contribution is 2.29. The number of hydrogen-bond donors (Lipinski definition) is 1. The van der Waals surface area contributed by atoms with Gasteiger partial charge in [-0.05, 0) is 56.5 Å². The van der Waals surface area contributed by atoms with Gasteiger partial charge in [-0.15, -0.1) is 0 Å². The van der Waals surface area contributed by atoms with Crippen LogP contribution < -0.4 is 15.0 Å². The van der Waals surface area contributed by atoms with E-state index in [4.69, 9.17) is 4.74 Å². The molecule has 6 heteroatoms. The SMILES string of the molecule is CCOc1ccc([C@@H](C)NC(=O)c2cccc(-c3nccnc3N3CCCC3)c2)cc1. The van der Waals surface area contributed by atoms with Gasteiger partial charge >= 0.3 is 0 Å². The van der Waals surface area contributed by atoms with E-state index in [1.54, 1.807) is 12.4 Å². The molecule has 0 aliphatic carbocycles. The lowest BCUT2D eigenvalue weighted by atomic mass is 10.0. The molecule has 1 aliphatic rings. The van der Waals surface area contributed by atoms with Crippen molar-refractivity contribution in [2.24, 2.45) is 0 Å². The fourth-order valence-electron chi connectivity index (χ4n) is 3.89. The topological polar surface area (TPSA) is 67.3 Å². The van der Waals surface area contributed by atoms with Crippen molar-refractivity contribution in [2.45, 2.75) is 32.7 Å². The van der Waals surface area contributed by atoms with Crippen molar-refractivity contribution in [1.29, 1.82) is 0 Å². The Morgan fingerprint density at radius 3 is 2.58 bits per heavy atom. The van der Waals surface area contributed by atoms with Crippen LogP contribution >= 0.6 is 0 Å². The second-order valence-corrected chi connectivity index (χ2v) is 7.70. The van der Waals surface area contributed by atoms with Crippen molar-refractivity contribution in [3.8, 4) is 17.0 Å². The van der Waals surface area contributed by atoms with Crippen LogP contribution in [-0.2, 0) is 0 Å². The number of ether oxygens (including phenoxy) is 1. The van der Waals surface area contributed by atoms with Gasteiger partial charge in [0, 0.05) is 36.6 Å². The molecule has 1 aromatic heterocycles. The first-order valence-corrected chi connectivity index (χ1v) is 10.9. The first-order chi connectivity index (χ1) is 15.2. The summed E-state index contributed by atoms with van der Waals surface area (Å²) >= 11 is 0. The minimum Gasteiger partial charge on any atom is -0.494 e. The van der Waals surface area contributed by atoms with Crippen molar-refractivity contribution in [1.82, 2.24) is 15.3 Å². The second-order valence-electron chi connectivity index (χ2n) is 7.70. The summed E-state index contributed by atoms with van der Waals surface area (Å²) < 4.78 is 5.49. The van der Waals surface area contributed by atoms with Crippen LogP contribution in [0.3, 0.4) is 0 Å². The summed E-state index contributed by atoms with van der Waals surface area (Å²) in [5.41, 5.74) is 3.35. The summed E-state index contributed by atoms with van der Waals surface area (Å²) in [6.45, 7) is 6.55. The number of carbonyl (C=O) groups excluding carboxylic acids is 1. The van der Waals surface area contributed by atoms with E-state index in [9.17, 15) is 4.79 Å². The van der Waals surface area contributed by atoms with Gasteiger partial charge in [0.05, 0.1) is 12.6 Å². The maximum atomic E-state index is 12.9. The summed E-state index contributed by atoms with van der Waals surface area (Å²) in [6.07, 6.45) is 5.77. The number of nitrogens with one attached hydrogen (secondary N) is 1. The van der Waals surface area contributed by atoms with E-state index in [1.165, 1.54) is 12.8 Å². The number of carbonyl (C=O) groups is 1. The Morgan fingerprint density at radius 2 is 1.84 bits per heavy atom. The zero-order valence-electron chi connectivity index (χ0n) is 18.0. The molecule has 1 fully saturated rings. The van der Waals surface area contributed by atoms with Crippen molar-refractivity contribution >= 4 is 11.7 Å². The molecule has 1 saturated heterocycles. The quantitative estimate of drug-likeness (QED) is 0.608. The maximum absolute atomic E-state index is 12.9. The highest BCUT2D eigenvalue weighted by Gasteiger charge is 2.20. The third kappa shape index (κ3) is 4.85. The predicted octanol–water partition coefficient (Wildman–Crippen LogP) is 4.63. The maximum Gasteiger partial charge on any atom is 0.251 e. The van der Waals surface area contributed by atoms with Gasteiger partial charge in [0.25, 0.3) is 5.91 Å². The van der Waals surface area contributed by atoms with Crippen LogP contribution in [0.15, 0.2) is 60.9 Å². The molecule has 1 amide bonds. The van der Waals surface area contributed by atoms with Gasteiger partial charge in [-0.2, -0.15) is 0 Å². The predicted molar refractivity (Wildman–Crippen MR) is 122 cm³/mol. The lowest BCUT2D eigenvalue weighted by Gasteiger charge is -2.19. The van der Waals surface area contributed by atoms with Crippen LogP contribution in [0.2, 0.25) is 0 Å². The fourth-order valence-corrected chi connectivity index (χ4v) is 3.89. The number of benzene rings is 2. The molecule has 1 N–H and O–H groups in total. The van der Waals surface area contributed by atoms with Gasteiger partial charge in [0.2, 0.25) is 0 Å². The van der Waals surface area contributed by atoms with Crippen LogP contribution in [-0.4, -0.2) is 35.6 Å². The molecule has 160 valence electrons. The van der Waals surface area contributed by atoms with Crippen molar-refractivity contribution < 1.29 is 9.53 Å². The van der Waals surface area contributed by atoms with Crippen LogP contribution in [0.25, 0.3) is 11.3 Å². The van der Waals surface area contributed by atoms with Crippen LogP contribution in [0.4, 0.5) is 5.82 Å². The van der Waals surface area contributed by atoms with E-state index >= 15 is 0 Å². The molecule has 2 heterocycles. The van der Waals surface area contributed by atoms with Crippen LogP contribution in [0.1, 0.15) is 48.7 Å². The number of nitrogens with zero attached hydrogens (tertiary/aromatic N) is 3. The van der Waals surface area contributed by atoms with Crippen LogP contribution in [0, 0.1) is 0 Å². The molecule has 6 nitrogen and oxygen atoms in total. The van der Waals surface area contributed by atoms with Gasteiger partial charge in [0.15, 0.2) is 5.82 Å². The van der Waals surface area contributed by atoms with Gasteiger partial charge in [-0.1, -0.05) is 24.3 Å². The molecule has 0 saturated carbocycles. The average molecular weight is 417 g/mol. The smallest absolute Gasteiger partial charge is 0.251 e. The average Bonchev–Trinajstić information content (AvgIpc) is 3.35. The standard InChI is InChI=1S/C25H28N4O2/c1-3-31-22-11-9-19(10-12-22)18(2)28-25(30)21-8-6-7-20(17-21)23-24(27-14-13-26-23)29-15-4-5-16-29/h6-14,17-18H,3-5,15-16H2,1-2H3,(H,28,30)/t18-/m1/s1. The zero-order valence-corrected chi connectivity index (χ0v) is 18.0. The minimum absolute atomic E-state index is 0.116. The summed E-state index contributed by atoms with van der Waals surface area (Å²) in [6, 6.07) is 15.3. The van der Waals surface area contributed by atoms with Gasteiger partial charge in [-0.25, -0.2) is 4.98 Å². The normalized spacial score (nSPS) is 14.3. The van der Waals surface area contributed by atoms with Crippen LogP contribution in [0.5, 0.6) is 5.75 Å². The second kappa shape index (κ2) is 9.60. The Morgan fingerprint density at radius 1 is 1.10 bits per heavy atom. The van der Waals surface area contributed by atoms with Gasteiger partial charge < -0.3 is 15.0 Å². The lowest BCUT2D eigenvalue weighted by molar-refractivity contribution is 0.0940. The van der Waals surface area contributed by atoms with E-state index in [0.29, 0.717) is 12.2 Å². The van der Waals surface area contributed by atoms with Crippen molar-refractivity contribution in [3.63, 3.8) is 0 Å². The molecule has 0 bridgehead atoms. The Labute approximate surface area is 183 Å². The van der Waals surface area contributed by atoms with Crippen molar-refractivity contribution in [3.05, 3.63) is 72.1 Å². The molecule has 3 aromatic rings. The van der Waals surface area contributed by atoms with E-state index in [1.807, 2.05) is 62.4 Å². The first kappa shape index (κ1) is 20.8. The zero-order chi connectivity index (χ0) is 21.6. The molecule has 4 rings (SSSR count). The largest absolute Gasteiger partial charge is 0.494 e. The molecule has 1 atom stereocenters. The van der Waals surface area contributed by atoms with Crippen molar-refractivity contribution in [2.75, 3.05) is 24.6 Å². The Kier molecular flexibility index (Phi) is 6.46. The summed E-state index contributed by atoms with van der Waals surface area (Å²) in [7, 11) is 0. The summed E-state index contributed by atoms with van der Waals surface area (Å²) in [4.78, 5) is 24.4. The number of aromatic nitrogens is 2. The van der Waals surface area contributed by atoms with E-state index in [-0.39, 0.29) is 11.9 Å². The number of anilines is 1. The van der Waals surface area contributed by atoms with Gasteiger partial charge in [0.1, 0.15) is 11.4 Å². The monoisotopic (exact) mass is 416 g/mol. The number of amides is 1. The Hall–Kier alpha value is -3.41. The van der Waals surface area contributed by atoms with E-state index in [0.717, 1.165) is 41.5 Å². The molecule has 0 unspecified atom stereocenters. The molecule has 0 radical (unpaired) electrons. The third-order valence-electron chi connectivity index (χ3n) is 5.52. The van der Waals surface area contributed by atoms with E-state index < -0.39 is 0 Å². The molecule has 0 spiro atoms. The minimum atomic E-state index is -0.122. The molecular weight excluding hydrogens is 388 g/mol. The third-order valence-corrected chi connectivity index (χ3v) is 5.52. The molecule has 2 aromatic carbocycles. The van der Waals surface area contributed by atoms with E-state index in [2.05, 4.69) is 20.2 Å². The lowest BCUT2D eigenvalue weighted by Crippen LogP contribution is -2.26. The number of rotatable bonds is 7. The first-order valence-electron chi connectivity index (χ1n) is 10.9. The number of hydrogen-bond acceptors (Lipinski definition) is 5. The highest BCUT2D eigenvalue weighted by atomic mass is 16.5. The summed E-state index contributed by atoms with van der Waals surface area (Å²) in [5, 5.41) is 3.09. The Bertz CT molecular complexity index is 1030. The summed E-state index contributed by atoms with van der Waals surface area (Å²) in [5.74, 6) is 1.60.